The van der Waals surface area contributed by atoms with Gasteiger partial charge in [-0.15, -0.1) is 0 Å². The van der Waals surface area contributed by atoms with Crippen molar-refractivity contribution in [2.45, 2.75) is 43.2 Å². The molecule has 0 spiro atoms. The Bertz CT molecular complexity index is 589. The fourth-order valence-corrected chi connectivity index (χ4v) is 4.33. The topological polar surface area (TPSA) is 57.6 Å². The smallest absolute Gasteiger partial charge is 0.246 e. The molecule has 4 nitrogen and oxygen atoms in total. The van der Waals surface area contributed by atoms with Gasteiger partial charge < -0.3 is 5.11 Å². The Labute approximate surface area is 117 Å². The Kier molecular flexibility index (Phi) is 4.41. The van der Waals surface area contributed by atoms with Crippen molar-refractivity contribution in [2.75, 3.05) is 6.54 Å². The number of hydrogen-bond acceptors (Lipinski definition) is 3. The van der Waals surface area contributed by atoms with Crippen LogP contribution in [0.5, 0.6) is 0 Å². The van der Waals surface area contributed by atoms with Gasteiger partial charge in [-0.05, 0) is 31.9 Å². The van der Waals surface area contributed by atoms with Crippen molar-refractivity contribution in [2.24, 2.45) is 0 Å². The van der Waals surface area contributed by atoms with E-state index in [1.54, 1.807) is 0 Å². The van der Waals surface area contributed by atoms with Crippen LogP contribution >= 0.6 is 0 Å². The second-order valence-electron chi connectivity index (χ2n) is 4.99. The van der Waals surface area contributed by atoms with Gasteiger partial charge in [0.1, 0.15) is 16.5 Å². The second kappa shape index (κ2) is 5.75. The number of hydrogen-bond donors (Lipinski definition) is 1. The quantitative estimate of drug-likeness (QED) is 0.928. The van der Waals surface area contributed by atoms with Crippen molar-refractivity contribution in [1.82, 2.24) is 4.31 Å². The molecule has 0 amide bonds. The minimum Gasteiger partial charge on any atom is -0.392 e. The molecule has 0 saturated carbocycles. The molecule has 1 heterocycles. The predicted molar refractivity (Wildman–Crippen MR) is 69.6 cm³/mol. The van der Waals surface area contributed by atoms with Crippen LogP contribution in [0.4, 0.5) is 8.78 Å². The lowest BCUT2D eigenvalue weighted by atomic mass is 10.0. The van der Waals surface area contributed by atoms with Gasteiger partial charge in [-0.25, -0.2) is 17.2 Å². The second-order valence-corrected chi connectivity index (χ2v) is 6.85. The van der Waals surface area contributed by atoms with Crippen molar-refractivity contribution in [3.05, 3.63) is 29.8 Å². The van der Waals surface area contributed by atoms with Crippen molar-refractivity contribution < 1.29 is 22.3 Å². The lowest BCUT2D eigenvalue weighted by Gasteiger charge is -2.36. The van der Waals surface area contributed by atoms with Crippen LogP contribution in [0.2, 0.25) is 0 Å². The van der Waals surface area contributed by atoms with E-state index in [9.17, 15) is 22.3 Å². The number of piperidine rings is 1. The van der Waals surface area contributed by atoms with Gasteiger partial charge in [0.05, 0.1) is 12.1 Å². The van der Waals surface area contributed by atoms with Gasteiger partial charge in [0.15, 0.2) is 0 Å². The highest BCUT2D eigenvalue weighted by Gasteiger charge is 2.37. The molecule has 1 aromatic rings. The van der Waals surface area contributed by atoms with Crippen molar-refractivity contribution in [3.8, 4) is 0 Å². The van der Waals surface area contributed by atoms with Gasteiger partial charge in [-0.3, -0.25) is 0 Å². The molecule has 1 aliphatic heterocycles. The molecule has 7 heteroatoms. The highest BCUT2D eigenvalue weighted by Crippen LogP contribution is 2.28. The molecule has 1 aromatic carbocycles. The van der Waals surface area contributed by atoms with E-state index in [2.05, 4.69) is 0 Å². The van der Waals surface area contributed by atoms with Gasteiger partial charge in [-0.1, -0.05) is 6.42 Å². The summed E-state index contributed by atoms with van der Waals surface area (Å²) in [4.78, 5) is -0.550. The van der Waals surface area contributed by atoms with Crippen molar-refractivity contribution >= 4 is 10.0 Å². The number of rotatable bonds is 3. The van der Waals surface area contributed by atoms with Gasteiger partial charge in [0.2, 0.25) is 10.0 Å². The first kappa shape index (κ1) is 15.3. The molecule has 1 N–H and O–H groups in total. The van der Waals surface area contributed by atoms with Crippen molar-refractivity contribution in [1.29, 1.82) is 0 Å². The van der Waals surface area contributed by atoms with E-state index < -0.39 is 38.7 Å². The Morgan fingerprint density at radius 3 is 2.65 bits per heavy atom. The molecular weight excluding hydrogens is 288 g/mol. The van der Waals surface area contributed by atoms with E-state index >= 15 is 0 Å². The van der Waals surface area contributed by atoms with Crippen LogP contribution < -0.4 is 0 Å². The minimum absolute atomic E-state index is 0.231. The molecule has 1 aliphatic rings. The highest BCUT2D eigenvalue weighted by atomic mass is 32.2. The fraction of sp³-hybridized carbons (Fsp3) is 0.538. The number of halogens is 2. The summed E-state index contributed by atoms with van der Waals surface area (Å²) in [7, 11) is -4.07. The lowest BCUT2D eigenvalue weighted by Crippen LogP contribution is -2.48. The Hall–Kier alpha value is -1.05. The first-order chi connectivity index (χ1) is 9.34. The number of sulfonamides is 1. The molecule has 20 heavy (non-hydrogen) atoms. The average Bonchev–Trinajstić information content (AvgIpc) is 2.38. The standard InChI is InChI=1S/C13H17F2NO3S/c1-9(17)12-4-2-3-7-16(12)20(18,19)13-6-5-10(14)8-11(13)15/h5-6,8-9,12,17H,2-4,7H2,1H3. The fourth-order valence-electron chi connectivity index (χ4n) is 2.52. The molecule has 0 bridgehead atoms. The third-order valence-corrected chi connectivity index (χ3v) is 5.49. The van der Waals surface area contributed by atoms with Crippen molar-refractivity contribution in [3.63, 3.8) is 0 Å². The molecule has 2 unspecified atom stereocenters. The Morgan fingerprint density at radius 2 is 2.05 bits per heavy atom. The van der Waals surface area contributed by atoms with Crippen LogP contribution in [0.1, 0.15) is 26.2 Å². The SMILES string of the molecule is CC(O)C1CCCCN1S(=O)(=O)c1ccc(F)cc1F. The Morgan fingerprint density at radius 1 is 1.35 bits per heavy atom. The molecule has 0 aromatic heterocycles. The van der Waals surface area contributed by atoms with Crippen LogP contribution in [0.15, 0.2) is 23.1 Å². The maximum Gasteiger partial charge on any atom is 0.246 e. The van der Waals surface area contributed by atoms with E-state index in [1.165, 1.54) is 6.92 Å². The number of aliphatic hydroxyl groups excluding tert-OH is 1. The normalized spacial score (nSPS) is 22.7. The summed E-state index contributed by atoms with van der Waals surface area (Å²) in [6, 6.07) is 1.82. The maximum atomic E-state index is 13.7. The molecule has 0 radical (unpaired) electrons. The maximum absolute atomic E-state index is 13.7. The minimum atomic E-state index is -4.07. The van der Waals surface area contributed by atoms with E-state index in [0.717, 1.165) is 22.9 Å². The summed E-state index contributed by atoms with van der Waals surface area (Å²) in [6.45, 7) is 1.74. The summed E-state index contributed by atoms with van der Waals surface area (Å²) in [6.07, 6.45) is 1.16. The molecule has 1 saturated heterocycles. The first-order valence-electron chi connectivity index (χ1n) is 6.49. The Balaban J connectivity index is 2.42. The number of benzene rings is 1. The summed E-state index contributed by atoms with van der Waals surface area (Å²) in [5.41, 5.74) is 0. The number of aliphatic hydroxyl groups is 1. The van der Waals surface area contributed by atoms with E-state index in [0.29, 0.717) is 18.9 Å². The summed E-state index contributed by atoms with van der Waals surface area (Å²) >= 11 is 0. The third-order valence-electron chi connectivity index (χ3n) is 3.54. The zero-order valence-electron chi connectivity index (χ0n) is 11.1. The van der Waals surface area contributed by atoms with Crippen LogP contribution in [-0.2, 0) is 10.0 Å². The molecular formula is C13H17F2NO3S. The first-order valence-corrected chi connectivity index (χ1v) is 7.93. The largest absolute Gasteiger partial charge is 0.392 e. The average molecular weight is 305 g/mol. The number of nitrogens with zero attached hydrogens (tertiary/aromatic N) is 1. The molecule has 112 valence electrons. The molecule has 0 aliphatic carbocycles. The lowest BCUT2D eigenvalue weighted by molar-refractivity contribution is 0.0830. The van der Waals surface area contributed by atoms with E-state index in [-0.39, 0.29) is 6.54 Å². The highest BCUT2D eigenvalue weighted by molar-refractivity contribution is 7.89. The predicted octanol–water partition coefficient (Wildman–Crippen LogP) is 1.89. The van der Waals surface area contributed by atoms with Gasteiger partial charge in [-0.2, -0.15) is 4.31 Å². The van der Waals surface area contributed by atoms with Crippen LogP contribution in [0, 0.1) is 11.6 Å². The van der Waals surface area contributed by atoms with Gasteiger partial charge in [0, 0.05) is 12.6 Å². The van der Waals surface area contributed by atoms with Crippen LogP contribution in [0.3, 0.4) is 0 Å². The zero-order valence-corrected chi connectivity index (χ0v) is 11.9. The molecule has 2 rings (SSSR count). The molecule has 2 atom stereocenters. The molecule has 1 fully saturated rings. The van der Waals surface area contributed by atoms with Crippen LogP contribution in [0.25, 0.3) is 0 Å². The third kappa shape index (κ3) is 2.84. The van der Waals surface area contributed by atoms with E-state index in [1.807, 2.05) is 0 Å². The van der Waals surface area contributed by atoms with E-state index in [4.69, 9.17) is 0 Å². The summed E-state index contributed by atoms with van der Waals surface area (Å²) in [5, 5.41) is 9.71. The summed E-state index contributed by atoms with van der Waals surface area (Å²) < 4.78 is 52.7. The zero-order chi connectivity index (χ0) is 14.9. The van der Waals surface area contributed by atoms with Crippen LogP contribution in [-0.4, -0.2) is 36.5 Å². The van der Waals surface area contributed by atoms with Gasteiger partial charge in [0.25, 0.3) is 0 Å². The van der Waals surface area contributed by atoms with Gasteiger partial charge >= 0.3 is 0 Å². The summed E-state index contributed by atoms with van der Waals surface area (Å²) in [5.74, 6) is -1.94. The monoisotopic (exact) mass is 305 g/mol.